The van der Waals surface area contributed by atoms with E-state index in [1.807, 2.05) is 0 Å². The third kappa shape index (κ3) is 6.47. The minimum absolute atomic E-state index is 0.182. The zero-order valence-corrected chi connectivity index (χ0v) is 10.0. The van der Waals surface area contributed by atoms with E-state index in [4.69, 9.17) is 0 Å². The third-order valence-electron chi connectivity index (χ3n) is 2.43. The van der Waals surface area contributed by atoms with Crippen LogP contribution in [0.3, 0.4) is 0 Å². The molecule has 15 heavy (non-hydrogen) atoms. The van der Waals surface area contributed by atoms with Crippen LogP contribution in [0.15, 0.2) is 0 Å². The van der Waals surface area contributed by atoms with Crippen molar-refractivity contribution in [2.24, 2.45) is 0 Å². The molecule has 1 saturated carbocycles. The van der Waals surface area contributed by atoms with Crippen molar-refractivity contribution in [3.8, 4) is 0 Å². The van der Waals surface area contributed by atoms with Crippen LogP contribution in [0.1, 0.15) is 26.2 Å². The molecule has 1 unspecified atom stereocenters. The molecule has 0 aromatic heterocycles. The van der Waals surface area contributed by atoms with Crippen molar-refractivity contribution in [1.29, 1.82) is 0 Å². The number of hydrogen-bond acceptors (Lipinski definition) is 3. The van der Waals surface area contributed by atoms with Gasteiger partial charge in [-0.15, -0.1) is 0 Å². The fourth-order valence-corrected chi connectivity index (χ4v) is 1.57. The van der Waals surface area contributed by atoms with Crippen LogP contribution >= 0.6 is 0 Å². The van der Waals surface area contributed by atoms with Gasteiger partial charge in [0.1, 0.15) is 0 Å². The monoisotopic (exact) mass is 213 g/mol. The molecule has 0 spiro atoms. The lowest BCUT2D eigenvalue weighted by molar-refractivity contribution is -0.121. The molecule has 0 aliphatic heterocycles. The number of carbonyl (C=O) groups excluding carboxylic acids is 1. The van der Waals surface area contributed by atoms with Crippen LogP contribution in [0.2, 0.25) is 0 Å². The summed E-state index contributed by atoms with van der Waals surface area (Å²) < 4.78 is 0. The number of hydrogen-bond donors (Lipinski definition) is 2. The van der Waals surface area contributed by atoms with E-state index >= 15 is 0 Å². The molecular weight excluding hydrogens is 190 g/mol. The average molecular weight is 213 g/mol. The van der Waals surface area contributed by atoms with Gasteiger partial charge < -0.3 is 15.5 Å². The molecule has 1 atom stereocenters. The molecule has 0 saturated heterocycles. The van der Waals surface area contributed by atoms with E-state index < -0.39 is 0 Å². The first-order valence-corrected chi connectivity index (χ1v) is 5.75. The molecule has 4 heteroatoms. The van der Waals surface area contributed by atoms with Gasteiger partial charge in [0.25, 0.3) is 0 Å². The SMILES string of the molecule is CC(CN(C)C)NCCC(=O)NC1CC1. The second kappa shape index (κ2) is 6.08. The summed E-state index contributed by atoms with van der Waals surface area (Å²) >= 11 is 0. The number of carbonyl (C=O) groups is 1. The van der Waals surface area contributed by atoms with Crippen LogP contribution in [0.4, 0.5) is 0 Å². The molecule has 2 N–H and O–H groups in total. The largest absolute Gasteiger partial charge is 0.353 e. The highest BCUT2D eigenvalue weighted by atomic mass is 16.1. The van der Waals surface area contributed by atoms with Gasteiger partial charge in [0.05, 0.1) is 0 Å². The summed E-state index contributed by atoms with van der Waals surface area (Å²) in [6.45, 7) is 3.91. The maximum Gasteiger partial charge on any atom is 0.221 e. The lowest BCUT2D eigenvalue weighted by Gasteiger charge is -2.18. The fourth-order valence-electron chi connectivity index (χ4n) is 1.57. The second-order valence-corrected chi connectivity index (χ2v) is 4.71. The van der Waals surface area contributed by atoms with Gasteiger partial charge in [-0.2, -0.15) is 0 Å². The van der Waals surface area contributed by atoms with Gasteiger partial charge in [-0.25, -0.2) is 0 Å². The molecule has 0 bridgehead atoms. The molecule has 1 rings (SSSR count). The highest BCUT2D eigenvalue weighted by Gasteiger charge is 2.22. The van der Waals surface area contributed by atoms with Gasteiger partial charge in [-0.1, -0.05) is 0 Å². The van der Waals surface area contributed by atoms with E-state index in [9.17, 15) is 4.79 Å². The van der Waals surface area contributed by atoms with Crippen molar-refractivity contribution in [2.75, 3.05) is 27.2 Å². The minimum Gasteiger partial charge on any atom is -0.353 e. The molecule has 4 nitrogen and oxygen atoms in total. The Balaban J connectivity index is 1.96. The van der Waals surface area contributed by atoms with E-state index in [0.717, 1.165) is 25.9 Å². The van der Waals surface area contributed by atoms with Crippen molar-refractivity contribution in [3.63, 3.8) is 0 Å². The molecule has 0 heterocycles. The summed E-state index contributed by atoms with van der Waals surface area (Å²) in [5.74, 6) is 0.182. The average Bonchev–Trinajstić information content (AvgIpc) is 2.86. The normalized spacial score (nSPS) is 17.9. The topological polar surface area (TPSA) is 44.4 Å². The quantitative estimate of drug-likeness (QED) is 0.635. The number of likely N-dealkylation sites (N-methyl/N-ethyl adjacent to an activating group) is 1. The van der Waals surface area contributed by atoms with Gasteiger partial charge >= 0.3 is 0 Å². The van der Waals surface area contributed by atoms with Gasteiger partial charge in [-0.05, 0) is 33.9 Å². The van der Waals surface area contributed by atoms with Gasteiger partial charge in [0.15, 0.2) is 0 Å². The first kappa shape index (κ1) is 12.5. The molecule has 88 valence electrons. The predicted molar refractivity (Wildman–Crippen MR) is 61.8 cm³/mol. The molecule has 1 fully saturated rings. The summed E-state index contributed by atoms with van der Waals surface area (Å²) in [6, 6.07) is 0.922. The summed E-state index contributed by atoms with van der Waals surface area (Å²) in [6.07, 6.45) is 2.92. The molecule has 0 radical (unpaired) electrons. The van der Waals surface area contributed by atoms with Crippen LogP contribution in [-0.4, -0.2) is 50.1 Å². The lowest BCUT2D eigenvalue weighted by Crippen LogP contribution is -2.38. The number of nitrogens with one attached hydrogen (secondary N) is 2. The Morgan fingerprint density at radius 1 is 1.47 bits per heavy atom. The first-order chi connectivity index (χ1) is 7.08. The molecule has 1 amide bonds. The van der Waals surface area contributed by atoms with Crippen LogP contribution < -0.4 is 10.6 Å². The Morgan fingerprint density at radius 3 is 2.67 bits per heavy atom. The van der Waals surface area contributed by atoms with Crippen LogP contribution in [0.25, 0.3) is 0 Å². The molecule has 0 aromatic carbocycles. The first-order valence-electron chi connectivity index (χ1n) is 5.75. The van der Waals surface area contributed by atoms with Gasteiger partial charge in [0, 0.05) is 31.6 Å². The minimum atomic E-state index is 0.182. The van der Waals surface area contributed by atoms with Crippen molar-refractivity contribution in [1.82, 2.24) is 15.5 Å². The van der Waals surface area contributed by atoms with Gasteiger partial charge in [0.2, 0.25) is 5.91 Å². The number of nitrogens with zero attached hydrogens (tertiary/aromatic N) is 1. The zero-order chi connectivity index (χ0) is 11.3. The Kier molecular flexibility index (Phi) is 5.05. The van der Waals surface area contributed by atoms with E-state index in [0.29, 0.717) is 18.5 Å². The lowest BCUT2D eigenvalue weighted by atomic mass is 10.3. The zero-order valence-electron chi connectivity index (χ0n) is 10.0. The fraction of sp³-hybridized carbons (Fsp3) is 0.909. The Bertz CT molecular complexity index is 202. The Morgan fingerprint density at radius 2 is 2.13 bits per heavy atom. The highest BCUT2D eigenvalue weighted by molar-refractivity contribution is 5.76. The van der Waals surface area contributed by atoms with Crippen molar-refractivity contribution >= 4 is 5.91 Å². The summed E-state index contributed by atoms with van der Waals surface area (Å²) in [5.41, 5.74) is 0. The second-order valence-electron chi connectivity index (χ2n) is 4.71. The van der Waals surface area contributed by atoms with Crippen LogP contribution in [0, 0.1) is 0 Å². The maximum absolute atomic E-state index is 11.3. The Hall–Kier alpha value is -0.610. The van der Waals surface area contributed by atoms with E-state index in [1.165, 1.54) is 0 Å². The summed E-state index contributed by atoms with van der Waals surface area (Å²) in [7, 11) is 4.11. The molecule has 0 aromatic rings. The van der Waals surface area contributed by atoms with Crippen molar-refractivity contribution < 1.29 is 4.79 Å². The third-order valence-corrected chi connectivity index (χ3v) is 2.43. The van der Waals surface area contributed by atoms with Gasteiger partial charge in [-0.3, -0.25) is 4.79 Å². The van der Waals surface area contributed by atoms with Crippen LogP contribution in [-0.2, 0) is 4.79 Å². The van der Waals surface area contributed by atoms with Crippen LogP contribution in [0.5, 0.6) is 0 Å². The highest BCUT2D eigenvalue weighted by Crippen LogP contribution is 2.18. The Labute approximate surface area is 92.4 Å². The van der Waals surface area contributed by atoms with Crippen molar-refractivity contribution in [3.05, 3.63) is 0 Å². The molecule has 1 aliphatic rings. The number of amides is 1. The summed E-state index contributed by atoms with van der Waals surface area (Å²) in [4.78, 5) is 13.5. The predicted octanol–water partition coefficient (Wildman–Crippen LogP) is 0.195. The molecule has 1 aliphatic carbocycles. The molecular formula is C11H23N3O. The van der Waals surface area contributed by atoms with E-state index in [2.05, 4.69) is 36.6 Å². The van der Waals surface area contributed by atoms with E-state index in [-0.39, 0.29) is 5.91 Å². The summed E-state index contributed by atoms with van der Waals surface area (Å²) in [5, 5.41) is 6.32. The maximum atomic E-state index is 11.3. The number of rotatable bonds is 7. The standard InChI is InChI=1S/C11H23N3O/c1-9(8-14(2)3)12-7-6-11(15)13-10-4-5-10/h9-10,12H,4-8H2,1-3H3,(H,13,15). The van der Waals surface area contributed by atoms with Crippen molar-refractivity contribution in [2.45, 2.75) is 38.3 Å². The smallest absolute Gasteiger partial charge is 0.221 e. The van der Waals surface area contributed by atoms with E-state index in [1.54, 1.807) is 0 Å².